The van der Waals surface area contributed by atoms with Crippen LogP contribution in [0.25, 0.3) is 0 Å². The lowest BCUT2D eigenvalue weighted by atomic mass is 9.89. The van der Waals surface area contributed by atoms with Gasteiger partial charge in [-0.25, -0.2) is 0 Å². The van der Waals surface area contributed by atoms with Gasteiger partial charge in [0.2, 0.25) is 0 Å². The molecule has 0 bridgehead atoms. The average molecular weight is 299 g/mol. The van der Waals surface area contributed by atoms with E-state index >= 15 is 0 Å². The van der Waals surface area contributed by atoms with Gasteiger partial charge in [0.25, 0.3) is 0 Å². The standard InChI is InChI=1S/C18H19ClN2/c1-12-4-5-14-11-17(21(2)3)20-18(16(14)10-12)13-6-8-15(19)9-7-13/h4-10,18H,11H2,1-3H3. The highest BCUT2D eigenvalue weighted by Gasteiger charge is 2.23. The van der Waals surface area contributed by atoms with Crippen LogP contribution in [-0.4, -0.2) is 24.8 Å². The topological polar surface area (TPSA) is 15.6 Å². The summed E-state index contributed by atoms with van der Waals surface area (Å²) in [6.07, 6.45) is 0.896. The largest absolute Gasteiger partial charge is 0.366 e. The second kappa shape index (κ2) is 5.53. The van der Waals surface area contributed by atoms with E-state index in [1.165, 1.54) is 22.3 Å². The maximum Gasteiger partial charge on any atom is 0.104 e. The summed E-state index contributed by atoms with van der Waals surface area (Å²) in [6.45, 7) is 2.13. The van der Waals surface area contributed by atoms with E-state index < -0.39 is 0 Å². The molecule has 3 heteroatoms. The monoisotopic (exact) mass is 298 g/mol. The van der Waals surface area contributed by atoms with Gasteiger partial charge in [-0.2, -0.15) is 0 Å². The van der Waals surface area contributed by atoms with Gasteiger partial charge in [0, 0.05) is 25.5 Å². The fraction of sp³-hybridized carbons (Fsp3) is 0.278. The van der Waals surface area contributed by atoms with E-state index in [-0.39, 0.29) is 6.04 Å². The lowest BCUT2D eigenvalue weighted by Gasteiger charge is -2.28. The number of fused-ring (bicyclic) bond motifs is 1. The molecule has 1 heterocycles. The van der Waals surface area contributed by atoms with Crippen molar-refractivity contribution in [1.82, 2.24) is 4.90 Å². The summed E-state index contributed by atoms with van der Waals surface area (Å²) in [4.78, 5) is 7.07. The summed E-state index contributed by atoms with van der Waals surface area (Å²) in [7, 11) is 4.11. The molecule has 1 aliphatic heterocycles. The lowest BCUT2D eigenvalue weighted by Crippen LogP contribution is -2.28. The summed E-state index contributed by atoms with van der Waals surface area (Å²) in [6, 6.07) is 14.7. The molecule has 0 amide bonds. The van der Waals surface area contributed by atoms with Gasteiger partial charge in [-0.1, -0.05) is 47.5 Å². The predicted molar refractivity (Wildman–Crippen MR) is 89.3 cm³/mol. The Morgan fingerprint density at radius 2 is 1.81 bits per heavy atom. The van der Waals surface area contributed by atoms with Gasteiger partial charge in [0.1, 0.15) is 11.9 Å². The number of hydrogen-bond donors (Lipinski definition) is 0. The lowest BCUT2D eigenvalue weighted by molar-refractivity contribution is 0.592. The Labute approximate surface area is 131 Å². The molecule has 0 aromatic heterocycles. The molecule has 2 aromatic carbocycles. The van der Waals surface area contributed by atoms with E-state index in [1.54, 1.807) is 0 Å². The zero-order chi connectivity index (χ0) is 15.0. The number of rotatable bonds is 1. The number of likely N-dealkylation sites (N-methyl/N-ethyl adjacent to an activating group) is 1. The van der Waals surface area contributed by atoms with E-state index in [0.29, 0.717) is 0 Å². The van der Waals surface area contributed by atoms with Crippen molar-refractivity contribution in [2.45, 2.75) is 19.4 Å². The van der Waals surface area contributed by atoms with Gasteiger partial charge >= 0.3 is 0 Å². The molecule has 2 aromatic rings. The van der Waals surface area contributed by atoms with E-state index in [0.717, 1.165) is 17.3 Å². The summed E-state index contributed by atoms with van der Waals surface area (Å²) in [5.74, 6) is 1.12. The third kappa shape index (κ3) is 2.81. The Bertz CT molecular complexity index is 687. The van der Waals surface area contributed by atoms with Crippen LogP contribution in [0.2, 0.25) is 5.02 Å². The molecule has 21 heavy (non-hydrogen) atoms. The number of hydrogen-bond acceptors (Lipinski definition) is 2. The Hall–Kier alpha value is -1.80. The first-order valence-corrected chi connectivity index (χ1v) is 7.51. The Morgan fingerprint density at radius 3 is 2.48 bits per heavy atom. The first kappa shape index (κ1) is 14.2. The van der Waals surface area contributed by atoms with Crippen molar-refractivity contribution >= 4 is 17.4 Å². The normalized spacial score (nSPS) is 17.1. The highest BCUT2D eigenvalue weighted by atomic mass is 35.5. The van der Waals surface area contributed by atoms with Gasteiger partial charge in [0.15, 0.2) is 0 Å². The van der Waals surface area contributed by atoms with Crippen LogP contribution in [0.5, 0.6) is 0 Å². The third-order valence-electron chi connectivity index (χ3n) is 3.92. The Morgan fingerprint density at radius 1 is 1.10 bits per heavy atom. The number of nitrogens with zero attached hydrogens (tertiary/aromatic N) is 2. The first-order chi connectivity index (χ1) is 10.0. The van der Waals surface area contributed by atoms with Crippen molar-refractivity contribution in [1.29, 1.82) is 0 Å². The number of aryl methyl sites for hydroxylation is 1. The highest BCUT2D eigenvalue weighted by Crippen LogP contribution is 2.34. The van der Waals surface area contributed by atoms with Gasteiger partial charge in [-0.3, -0.25) is 4.99 Å². The molecule has 108 valence electrons. The fourth-order valence-electron chi connectivity index (χ4n) is 2.74. The second-order valence-electron chi connectivity index (χ2n) is 5.77. The molecule has 0 spiro atoms. The predicted octanol–water partition coefficient (Wildman–Crippen LogP) is 4.25. The van der Waals surface area contributed by atoms with Crippen LogP contribution in [0.3, 0.4) is 0 Å². The van der Waals surface area contributed by atoms with Crippen molar-refractivity contribution < 1.29 is 0 Å². The van der Waals surface area contributed by atoms with Crippen molar-refractivity contribution in [3.05, 3.63) is 69.7 Å². The van der Waals surface area contributed by atoms with E-state index in [4.69, 9.17) is 16.6 Å². The minimum absolute atomic E-state index is 0.0586. The van der Waals surface area contributed by atoms with Gasteiger partial charge in [-0.15, -0.1) is 0 Å². The number of benzene rings is 2. The molecule has 0 saturated carbocycles. The molecule has 0 radical (unpaired) electrons. The molecule has 2 nitrogen and oxygen atoms in total. The molecular weight excluding hydrogens is 280 g/mol. The smallest absolute Gasteiger partial charge is 0.104 e. The minimum Gasteiger partial charge on any atom is -0.366 e. The van der Waals surface area contributed by atoms with Crippen LogP contribution in [0.1, 0.15) is 28.3 Å². The molecule has 1 unspecified atom stereocenters. The zero-order valence-corrected chi connectivity index (χ0v) is 13.4. The SMILES string of the molecule is Cc1ccc2c(c1)C(c1ccc(Cl)cc1)N=C(N(C)C)C2. The number of aliphatic imine (C=N–C) groups is 1. The summed E-state index contributed by atoms with van der Waals surface area (Å²) < 4.78 is 0. The molecule has 0 N–H and O–H groups in total. The molecule has 0 aliphatic carbocycles. The fourth-order valence-corrected chi connectivity index (χ4v) is 2.86. The summed E-state index contributed by atoms with van der Waals surface area (Å²) in [5.41, 5.74) is 5.13. The highest BCUT2D eigenvalue weighted by molar-refractivity contribution is 6.30. The number of halogens is 1. The summed E-state index contributed by atoms with van der Waals surface area (Å²) >= 11 is 6.01. The van der Waals surface area contributed by atoms with Crippen LogP contribution in [0.4, 0.5) is 0 Å². The molecule has 3 rings (SSSR count). The first-order valence-electron chi connectivity index (χ1n) is 7.13. The second-order valence-corrected chi connectivity index (χ2v) is 6.21. The van der Waals surface area contributed by atoms with Crippen LogP contribution in [-0.2, 0) is 6.42 Å². The van der Waals surface area contributed by atoms with Crippen molar-refractivity contribution in [2.75, 3.05) is 14.1 Å². The van der Waals surface area contributed by atoms with Crippen molar-refractivity contribution in [2.24, 2.45) is 4.99 Å². The molecule has 1 atom stereocenters. The van der Waals surface area contributed by atoms with E-state index in [9.17, 15) is 0 Å². The Balaban J connectivity index is 2.12. The minimum atomic E-state index is 0.0586. The summed E-state index contributed by atoms with van der Waals surface area (Å²) in [5, 5.41) is 0.760. The van der Waals surface area contributed by atoms with Gasteiger partial charge in [-0.05, 0) is 35.7 Å². The van der Waals surface area contributed by atoms with Crippen LogP contribution >= 0.6 is 11.6 Å². The molecule has 0 fully saturated rings. The van der Waals surface area contributed by atoms with Crippen LogP contribution in [0, 0.1) is 6.92 Å². The van der Waals surface area contributed by atoms with E-state index in [1.807, 2.05) is 12.1 Å². The van der Waals surface area contributed by atoms with Gasteiger partial charge in [0.05, 0.1) is 0 Å². The maximum atomic E-state index is 6.01. The van der Waals surface area contributed by atoms with Crippen molar-refractivity contribution in [3.63, 3.8) is 0 Å². The third-order valence-corrected chi connectivity index (χ3v) is 4.18. The molecular formula is C18H19ClN2. The Kier molecular flexibility index (Phi) is 3.73. The molecule has 0 saturated heterocycles. The molecule has 1 aliphatic rings. The van der Waals surface area contributed by atoms with Crippen molar-refractivity contribution in [3.8, 4) is 0 Å². The quantitative estimate of drug-likeness (QED) is 0.768. The van der Waals surface area contributed by atoms with Crippen LogP contribution in [0.15, 0.2) is 47.5 Å². The zero-order valence-electron chi connectivity index (χ0n) is 12.6. The average Bonchev–Trinajstić information content (AvgIpc) is 2.47. The van der Waals surface area contributed by atoms with Crippen LogP contribution < -0.4 is 0 Å². The maximum absolute atomic E-state index is 6.01. The van der Waals surface area contributed by atoms with Gasteiger partial charge < -0.3 is 4.90 Å². The van der Waals surface area contributed by atoms with E-state index in [2.05, 4.69) is 56.3 Å². The number of amidine groups is 1.